The summed E-state index contributed by atoms with van der Waals surface area (Å²) in [5.41, 5.74) is -0.00973. The van der Waals surface area contributed by atoms with Crippen LogP contribution in [0.3, 0.4) is 0 Å². The molecule has 166 valence electrons. The van der Waals surface area contributed by atoms with Crippen molar-refractivity contribution < 1.29 is 14.5 Å². The van der Waals surface area contributed by atoms with Gasteiger partial charge in [-0.3, -0.25) is 19.5 Å². The number of ether oxygens (including phenoxy) is 1. The zero-order valence-electron chi connectivity index (χ0n) is 16.5. The maximum Gasteiger partial charge on any atom is 0.271 e. The van der Waals surface area contributed by atoms with Gasteiger partial charge in [-0.25, -0.2) is 0 Å². The first-order chi connectivity index (χ1) is 15.4. The van der Waals surface area contributed by atoms with E-state index in [-0.39, 0.29) is 28.8 Å². The minimum absolute atomic E-state index is 0.00760. The highest BCUT2D eigenvalue weighted by Gasteiger charge is 2.16. The fourth-order valence-corrected chi connectivity index (χ4v) is 3.62. The second-order valence-electron chi connectivity index (χ2n) is 6.30. The first-order valence-corrected chi connectivity index (χ1v) is 10.9. The van der Waals surface area contributed by atoms with Crippen molar-refractivity contribution in [1.82, 2.24) is 14.8 Å². The van der Waals surface area contributed by atoms with E-state index in [1.54, 1.807) is 34.9 Å². The lowest BCUT2D eigenvalue weighted by molar-refractivity contribution is -0.384. The normalized spacial score (nSPS) is 10.6. The third-order valence-corrected chi connectivity index (χ3v) is 5.60. The summed E-state index contributed by atoms with van der Waals surface area (Å²) >= 11 is 13.1. The average molecular weight is 494 g/mol. The van der Waals surface area contributed by atoms with Crippen molar-refractivity contribution in [3.05, 3.63) is 81.1 Å². The van der Waals surface area contributed by atoms with E-state index >= 15 is 0 Å². The molecule has 0 fully saturated rings. The molecule has 3 aromatic rings. The van der Waals surface area contributed by atoms with Crippen LogP contribution in [-0.2, 0) is 17.9 Å². The van der Waals surface area contributed by atoms with Crippen LogP contribution in [0.25, 0.3) is 0 Å². The number of rotatable bonds is 10. The zero-order valence-corrected chi connectivity index (χ0v) is 18.9. The lowest BCUT2D eigenvalue weighted by atomic mass is 10.3. The van der Waals surface area contributed by atoms with Crippen molar-refractivity contribution >= 4 is 52.2 Å². The summed E-state index contributed by atoms with van der Waals surface area (Å²) in [4.78, 5) is 22.7. The molecule has 0 radical (unpaired) electrons. The van der Waals surface area contributed by atoms with Gasteiger partial charge in [0.15, 0.2) is 11.0 Å². The number of nitrogens with zero attached hydrogens (tertiary/aromatic N) is 4. The Balaban J connectivity index is 1.63. The molecule has 32 heavy (non-hydrogen) atoms. The van der Waals surface area contributed by atoms with E-state index in [0.29, 0.717) is 28.3 Å². The lowest BCUT2D eigenvalue weighted by Crippen LogP contribution is -2.15. The molecule has 9 nitrogen and oxygen atoms in total. The first-order valence-electron chi connectivity index (χ1n) is 9.15. The van der Waals surface area contributed by atoms with Gasteiger partial charge in [0.2, 0.25) is 5.91 Å². The molecule has 0 spiro atoms. The summed E-state index contributed by atoms with van der Waals surface area (Å²) in [5.74, 6) is 0.783. The van der Waals surface area contributed by atoms with Crippen LogP contribution in [0.15, 0.2) is 60.3 Å². The molecule has 0 atom stereocenters. The molecule has 1 heterocycles. The Morgan fingerprint density at radius 2 is 2.00 bits per heavy atom. The maximum atomic E-state index is 12.4. The van der Waals surface area contributed by atoms with E-state index in [2.05, 4.69) is 22.1 Å². The van der Waals surface area contributed by atoms with E-state index in [9.17, 15) is 14.9 Å². The Morgan fingerprint density at radius 1 is 1.25 bits per heavy atom. The second-order valence-corrected chi connectivity index (χ2v) is 8.08. The molecule has 0 aliphatic carbocycles. The van der Waals surface area contributed by atoms with Gasteiger partial charge in [0.05, 0.1) is 21.4 Å². The first kappa shape index (κ1) is 23.6. The van der Waals surface area contributed by atoms with Crippen molar-refractivity contribution in [2.24, 2.45) is 0 Å². The van der Waals surface area contributed by atoms with Crippen molar-refractivity contribution in [1.29, 1.82) is 0 Å². The number of thioether (sulfide) groups is 1. The number of hydrogen-bond donors (Lipinski definition) is 1. The molecule has 3 rings (SSSR count). The predicted molar refractivity (Wildman–Crippen MR) is 123 cm³/mol. The monoisotopic (exact) mass is 493 g/mol. The number of halogens is 2. The smallest absolute Gasteiger partial charge is 0.271 e. The van der Waals surface area contributed by atoms with Crippen molar-refractivity contribution in [3.8, 4) is 5.75 Å². The summed E-state index contributed by atoms with van der Waals surface area (Å²) in [6, 6.07) is 10.8. The quantitative estimate of drug-likeness (QED) is 0.183. The van der Waals surface area contributed by atoms with E-state index in [1.165, 1.54) is 18.2 Å². The third kappa shape index (κ3) is 6.22. The molecular formula is C20H17Cl2N5O4S. The molecule has 2 aromatic carbocycles. The number of nitro groups is 1. The number of hydrogen-bond acceptors (Lipinski definition) is 7. The molecule has 1 N–H and O–H groups in total. The number of benzene rings is 2. The second kappa shape index (κ2) is 11.0. The SMILES string of the molecule is C=CCn1c(COc2ccc(Cl)cc2)nnc1SCC(=O)Nc1cc([N+](=O)[O-])ccc1Cl. The number of nitro benzene ring substituents is 1. The summed E-state index contributed by atoms with van der Waals surface area (Å²) in [5, 5.41) is 23.1. The Bertz CT molecular complexity index is 1140. The van der Waals surface area contributed by atoms with Gasteiger partial charge in [-0.1, -0.05) is 41.0 Å². The van der Waals surface area contributed by atoms with Gasteiger partial charge in [-0.2, -0.15) is 0 Å². The average Bonchev–Trinajstić information content (AvgIpc) is 3.15. The van der Waals surface area contributed by atoms with E-state index in [4.69, 9.17) is 27.9 Å². The minimum atomic E-state index is -0.563. The Hall–Kier alpha value is -3.08. The number of allylic oxidation sites excluding steroid dienone is 1. The van der Waals surface area contributed by atoms with Crippen LogP contribution in [0.2, 0.25) is 10.0 Å². The number of nitrogens with one attached hydrogen (secondary N) is 1. The van der Waals surface area contributed by atoms with Crippen LogP contribution in [0, 0.1) is 10.1 Å². The molecular weight excluding hydrogens is 477 g/mol. The molecule has 0 saturated carbocycles. The van der Waals surface area contributed by atoms with Crippen molar-refractivity contribution in [2.45, 2.75) is 18.3 Å². The van der Waals surface area contributed by atoms with E-state index in [1.807, 2.05) is 0 Å². The number of anilines is 1. The van der Waals surface area contributed by atoms with Crippen molar-refractivity contribution in [3.63, 3.8) is 0 Å². The predicted octanol–water partition coefficient (Wildman–Crippen LogP) is 4.99. The lowest BCUT2D eigenvalue weighted by Gasteiger charge is -2.10. The number of non-ortho nitro benzene ring substituents is 1. The van der Waals surface area contributed by atoms with Crippen LogP contribution in [0.5, 0.6) is 5.75 Å². The van der Waals surface area contributed by atoms with Crippen LogP contribution >= 0.6 is 35.0 Å². The highest BCUT2D eigenvalue weighted by molar-refractivity contribution is 7.99. The highest BCUT2D eigenvalue weighted by Crippen LogP contribution is 2.27. The molecule has 0 aliphatic heterocycles. The summed E-state index contributed by atoms with van der Waals surface area (Å²) in [6.45, 7) is 4.33. The fraction of sp³-hybridized carbons (Fsp3) is 0.150. The van der Waals surface area contributed by atoms with Gasteiger partial charge < -0.3 is 10.1 Å². The largest absolute Gasteiger partial charge is 0.486 e. The fourth-order valence-electron chi connectivity index (χ4n) is 2.56. The Morgan fingerprint density at radius 3 is 2.69 bits per heavy atom. The van der Waals surface area contributed by atoms with Crippen LogP contribution in [0.1, 0.15) is 5.82 Å². The molecule has 0 unspecified atom stereocenters. The standard InChI is InChI=1S/C20H17Cl2N5O4S/c1-2-9-26-18(11-31-15-6-3-13(21)4-7-15)24-25-20(26)32-12-19(28)23-17-10-14(27(29)30)5-8-16(17)22/h2-8,10H,1,9,11-12H2,(H,23,28). The number of amides is 1. The number of carbonyl (C=O) groups is 1. The van der Waals surface area contributed by atoms with Gasteiger partial charge in [-0.15, -0.1) is 16.8 Å². The van der Waals surface area contributed by atoms with Crippen LogP contribution in [-0.4, -0.2) is 31.3 Å². The molecule has 0 bridgehead atoms. The topological polar surface area (TPSA) is 112 Å². The van der Waals surface area contributed by atoms with Crippen molar-refractivity contribution in [2.75, 3.05) is 11.1 Å². The zero-order chi connectivity index (χ0) is 23.1. The van der Waals surface area contributed by atoms with Gasteiger partial charge in [0.1, 0.15) is 12.4 Å². The van der Waals surface area contributed by atoms with Crippen LogP contribution in [0.4, 0.5) is 11.4 Å². The number of carbonyl (C=O) groups excluding carboxylic acids is 1. The van der Waals surface area contributed by atoms with Gasteiger partial charge in [0.25, 0.3) is 5.69 Å². The van der Waals surface area contributed by atoms with Crippen LogP contribution < -0.4 is 10.1 Å². The Labute approximate surface area is 197 Å². The molecule has 12 heteroatoms. The minimum Gasteiger partial charge on any atom is -0.486 e. The van der Waals surface area contributed by atoms with Gasteiger partial charge in [0, 0.05) is 23.7 Å². The third-order valence-electron chi connectivity index (χ3n) is 4.05. The van der Waals surface area contributed by atoms with E-state index in [0.717, 1.165) is 11.8 Å². The summed E-state index contributed by atoms with van der Waals surface area (Å²) in [6.07, 6.45) is 1.68. The highest BCUT2D eigenvalue weighted by atomic mass is 35.5. The maximum absolute atomic E-state index is 12.4. The summed E-state index contributed by atoms with van der Waals surface area (Å²) in [7, 11) is 0. The number of aromatic nitrogens is 3. The summed E-state index contributed by atoms with van der Waals surface area (Å²) < 4.78 is 7.50. The molecule has 0 saturated heterocycles. The Kier molecular flexibility index (Phi) is 8.09. The molecule has 1 amide bonds. The molecule has 1 aromatic heterocycles. The van der Waals surface area contributed by atoms with Gasteiger partial charge in [-0.05, 0) is 30.3 Å². The van der Waals surface area contributed by atoms with E-state index < -0.39 is 10.8 Å². The van der Waals surface area contributed by atoms with Gasteiger partial charge >= 0.3 is 0 Å². The molecule has 0 aliphatic rings.